The first kappa shape index (κ1) is 17.5. The SMILES string of the molecule is O=C(O)N(CN1CCC(CO)CC1)c1cncc(C(F)(F)F)c1. The molecular weight excluding hydrogens is 315 g/mol. The van der Waals surface area contributed by atoms with Crippen molar-refractivity contribution in [3.05, 3.63) is 24.0 Å². The number of nitrogens with zero attached hydrogens (tertiary/aromatic N) is 3. The second-order valence-corrected chi connectivity index (χ2v) is 5.53. The molecule has 1 saturated heterocycles. The summed E-state index contributed by atoms with van der Waals surface area (Å²) in [5.74, 6) is 0.194. The minimum Gasteiger partial charge on any atom is -0.465 e. The second kappa shape index (κ2) is 7.14. The molecule has 128 valence electrons. The molecule has 1 aromatic heterocycles. The first-order valence-electron chi connectivity index (χ1n) is 7.17. The van der Waals surface area contributed by atoms with Gasteiger partial charge < -0.3 is 10.2 Å². The summed E-state index contributed by atoms with van der Waals surface area (Å²) in [4.78, 5) is 17.6. The molecule has 9 heteroatoms. The molecule has 0 radical (unpaired) electrons. The number of carboxylic acid groups (broad SMARTS) is 1. The fraction of sp³-hybridized carbons (Fsp3) is 0.571. The molecule has 2 rings (SSSR count). The zero-order chi connectivity index (χ0) is 17.0. The smallest absolute Gasteiger partial charge is 0.417 e. The van der Waals surface area contributed by atoms with Crippen molar-refractivity contribution in [1.82, 2.24) is 9.88 Å². The van der Waals surface area contributed by atoms with E-state index in [1.807, 2.05) is 4.90 Å². The number of aliphatic hydroxyl groups is 1. The van der Waals surface area contributed by atoms with Crippen LogP contribution < -0.4 is 4.90 Å². The first-order valence-corrected chi connectivity index (χ1v) is 7.17. The van der Waals surface area contributed by atoms with Crippen LogP contribution in [0.25, 0.3) is 0 Å². The number of hydrogen-bond acceptors (Lipinski definition) is 4. The summed E-state index contributed by atoms with van der Waals surface area (Å²) in [6.07, 6.45) is -2.70. The van der Waals surface area contributed by atoms with Crippen molar-refractivity contribution in [3.63, 3.8) is 0 Å². The third-order valence-electron chi connectivity index (χ3n) is 3.90. The quantitative estimate of drug-likeness (QED) is 0.884. The van der Waals surface area contributed by atoms with E-state index in [0.717, 1.165) is 30.0 Å². The monoisotopic (exact) mass is 333 g/mol. The first-order chi connectivity index (χ1) is 10.8. The molecular formula is C14H18F3N3O3. The summed E-state index contributed by atoms with van der Waals surface area (Å²) in [5.41, 5.74) is -1.10. The molecule has 0 bridgehead atoms. The molecule has 1 fully saturated rings. The number of halogens is 3. The lowest BCUT2D eigenvalue weighted by Crippen LogP contribution is -2.45. The molecule has 6 nitrogen and oxygen atoms in total. The molecule has 0 aliphatic carbocycles. The van der Waals surface area contributed by atoms with E-state index in [0.29, 0.717) is 19.3 Å². The highest BCUT2D eigenvalue weighted by Crippen LogP contribution is 2.31. The van der Waals surface area contributed by atoms with Crippen molar-refractivity contribution >= 4 is 11.8 Å². The summed E-state index contributed by atoms with van der Waals surface area (Å²) < 4.78 is 38.2. The zero-order valence-corrected chi connectivity index (χ0v) is 12.3. The lowest BCUT2D eigenvalue weighted by Gasteiger charge is -2.34. The third-order valence-corrected chi connectivity index (χ3v) is 3.90. The topological polar surface area (TPSA) is 76.9 Å². The van der Waals surface area contributed by atoms with Crippen LogP contribution in [0, 0.1) is 5.92 Å². The van der Waals surface area contributed by atoms with Gasteiger partial charge in [-0.05, 0) is 24.8 Å². The predicted molar refractivity (Wildman–Crippen MR) is 76.0 cm³/mol. The van der Waals surface area contributed by atoms with Gasteiger partial charge in [0.05, 0.1) is 24.1 Å². The van der Waals surface area contributed by atoms with Crippen molar-refractivity contribution in [3.8, 4) is 0 Å². The number of aliphatic hydroxyl groups excluding tert-OH is 1. The molecule has 0 atom stereocenters. The molecule has 1 aliphatic rings. The van der Waals surface area contributed by atoms with E-state index in [-0.39, 0.29) is 24.9 Å². The molecule has 0 spiro atoms. The molecule has 0 saturated carbocycles. The Morgan fingerprint density at radius 2 is 2.00 bits per heavy atom. The number of likely N-dealkylation sites (tertiary alicyclic amines) is 1. The molecule has 23 heavy (non-hydrogen) atoms. The van der Waals surface area contributed by atoms with Gasteiger partial charge in [-0.15, -0.1) is 0 Å². The average molecular weight is 333 g/mol. The van der Waals surface area contributed by atoms with Crippen molar-refractivity contribution in [1.29, 1.82) is 0 Å². The van der Waals surface area contributed by atoms with Gasteiger partial charge in [-0.1, -0.05) is 0 Å². The van der Waals surface area contributed by atoms with E-state index >= 15 is 0 Å². The number of piperidine rings is 1. The van der Waals surface area contributed by atoms with E-state index < -0.39 is 17.8 Å². The Morgan fingerprint density at radius 3 is 2.52 bits per heavy atom. The van der Waals surface area contributed by atoms with Crippen LogP contribution in [0.1, 0.15) is 18.4 Å². The fourth-order valence-electron chi connectivity index (χ4n) is 2.49. The number of hydrogen-bond donors (Lipinski definition) is 2. The maximum absolute atomic E-state index is 12.7. The normalized spacial score (nSPS) is 17.2. The number of pyridine rings is 1. The standard InChI is InChI=1S/C14H18F3N3O3/c15-14(16,17)11-5-12(7-18-6-11)20(13(22)23)9-19-3-1-10(8-21)2-4-19/h5-7,10,21H,1-4,8-9H2,(H,22,23). The average Bonchev–Trinajstić information content (AvgIpc) is 2.52. The summed E-state index contributed by atoms with van der Waals surface area (Å²) in [6, 6.07) is 0.779. The maximum atomic E-state index is 12.7. The Morgan fingerprint density at radius 1 is 1.35 bits per heavy atom. The van der Waals surface area contributed by atoms with Crippen LogP contribution in [-0.2, 0) is 6.18 Å². The number of anilines is 1. The molecule has 0 aromatic carbocycles. The molecule has 2 heterocycles. The van der Waals surface area contributed by atoms with Crippen LogP contribution in [0.2, 0.25) is 0 Å². The van der Waals surface area contributed by atoms with E-state index in [4.69, 9.17) is 5.11 Å². The van der Waals surface area contributed by atoms with Crippen LogP contribution in [0.4, 0.5) is 23.7 Å². The highest BCUT2D eigenvalue weighted by atomic mass is 19.4. The molecule has 0 unspecified atom stereocenters. The van der Waals surface area contributed by atoms with Gasteiger partial charge in [0, 0.05) is 25.9 Å². The maximum Gasteiger partial charge on any atom is 0.417 e. The van der Waals surface area contributed by atoms with Crippen LogP contribution in [-0.4, -0.2) is 52.6 Å². The number of alkyl halides is 3. The van der Waals surface area contributed by atoms with Crippen molar-refractivity contribution in [2.45, 2.75) is 19.0 Å². The van der Waals surface area contributed by atoms with Crippen LogP contribution in [0.15, 0.2) is 18.5 Å². The van der Waals surface area contributed by atoms with Crippen molar-refractivity contribution in [2.24, 2.45) is 5.92 Å². The molecule has 1 amide bonds. The highest BCUT2D eigenvalue weighted by Gasteiger charge is 2.32. The Bertz CT molecular complexity index is 546. The summed E-state index contributed by atoms with van der Waals surface area (Å²) in [7, 11) is 0. The second-order valence-electron chi connectivity index (χ2n) is 5.53. The van der Waals surface area contributed by atoms with E-state index in [2.05, 4.69) is 4.98 Å². The number of aromatic nitrogens is 1. The summed E-state index contributed by atoms with van der Waals surface area (Å²) in [6.45, 7) is 1.23. The molecule has 2 N–H and O–H groups in total. The number of amides is 1. The van der Waals surface area contributed by atoms with Gasteiger partial charge in [-0.3, -0.25) is 14.8 Å². The van der Waals surface area contributed by atoms with Gasteiger partial charge in [0.15, 0.2) is 0 Å². The number of carbonyl (C=O) groups is 1. The van der Waals surface area contributed by atoms with E-state index in [1.165, 1.54) is 0 Å². The lowest BCUT2D eigenvalue weighted by molar-refractivity contribution is -0.137. The molecule has 1 aliphatic heterocycles. The van der Waals surface area contributed by atoms with Gasteiger partial charge in [-0.25, -0.2) is 4.79 Å². The zero-order valence-electron chi connectivity index (χ0n) is 12.3. The van der Waals surface area contributed by atoms with Gasteiger partial charge in [0.25, 0.3) is 0 Å². The fourth-order valence-corrected chi connectivity index (χ4v) is 2.49. The van der Waals surface area contributed by atoms with Crippen LogP contribution in [0.5, 0.6) is 0 Å². The van der Waals surface area contributed by atoms with E-state index in [1.54, 1.807) is 0 Å². The molecule has 1 aromatic rings. The highest BCUT2D eigenvalue weighted by molar-refractivity contribution is 5.85. The Kier molecular flexibility index (Phi) is 5.42. The minimum atomic E-state index is -4.58. The number of rotatable bonds is 4. The van der Waals surface area contributed by atoms with Gasteiger partial charge in [-0.2, -0.15) is 13.2 Å². The van der Waals surface area contributed by atoms with E-state index in [9.17, 15) is 23.1 Å². The predicted octanol–water partition coefficient (Wildman–Crippen LogP) is 2.25. The van der Waals surface area contributed by atoms with Gasteiger partial charge in [0.1, 0.15) is 0 Å². The van der Waals surface area contributed by atoms with Crippen LogP contribution >= 0.6 is 0 Å². The third kappa shape index (κ3) is 4.55. The minimum absolute atomic E-state index is 0.0313. The van der Waals surface area contributed by atoms with Crippen LogP contribution in [0.3, 0.4) is 0 Å². The Hall–Kier alpha value is -1.87. The summed E-state index contributed by atoms with van der Waals surface area (Å²) >= 11 is 0. The summed E-state index contributed by atoms with van der Waals surface area (Å²) in [5, 5.41) is 18.4. The van der Waals surface area contributed by atoms with Gasteiger partial charge >= 0.3 is 12.3 Å². The largest absolute Gasteiger partial charge is 0.465 e. The lowest BCUT2D eigenvalue weighted by atomic mass is 9.98. The Balaban J connectivity index is 2.12. The van der Waals surface area contributed by atoms with Crippen molar-refractivity contribution < 1.29 is 28.2 Å². The van der Waals surface area contributed by atoms with Gasteiger partial charge in [0.2, 0.25) is 0 Å². The Labute approximate surface area is 131 Å². The van der Waals surface area contributed by atoms with Crippen molar-refractivity contribution in [2.75, 3.05) is 31.3 Å².